The summed E-state index contributed by atoms with van der Waals surface area (Å²) >= 11 is 5.87. The average Bonchev–Trinajstić information content (AvgIpc) is 3.07. The quantitative estimate of drug-likeness (QED) is 0.252. The summed E-state index contributed by atoms with van der Waals surface area (Å²) in [7, 11) is 0. The fourth-order valence-corrected chi connectivity index (χ4v) is 3.00. The molecule has 1 aliphatic rings. The van der Waals surface area contributed by atoms with E-state index in [9.17, 15) is 10.2 Å². The fraction of sp³-hybridized carbons (Fsp3) is 0.611. The lowest BCUT2D eigenvalue weighted by molar-refractivity contribution is 0.131. The van der Waals surface area contributed by atoms with Crippen LogP contribution in [0.2, 0.25) is 5.02 Å². The first-order valence-electron chi connectivity index (χ1n) is 8.73. The number of ether oxygens (including phenoxy) is 1. The normalized spacial score (nSPS) is 21.2. The summed E-state index contributed by atoms with van der Waals surface area (Å²) in [5.74, 6) is 0.653. The van der Waals surface area contributed by atoms with Gasteiger partial charge in [0.05, 0.1) is 19.3 Å². The molecule has 148 valence electrons. The van der Waals surface area contributed by atoms with E-state index in [0.717, 1.165) is 25.1 Å². The van der Waals surface area contributed by atoms with Crippen molar-refractivity contribution in [3.8, 4) is 0 Å². The number of aliphatic hydroxyl groups excluding tert-OH is 2. The van der Waals surface area contributed by atoms with Gasteiger partial charge in [-0.2, -0.15) is 0 Å². The van der Waals surface area contributed by atoms with Crippen LogP contribution in [0.15, 0.2) is 29.3 Å². The van der Waals surface area contributed by atoms with E-state index in [-0.39, 0.29) is 36.0 Å². The van der Waals surface area contributed by atoms with Crippen molar-refractivity contribution >= 4 is 41.5 Å². The van der Waals surface area contributed by atoms with E-state index in [2.05, 4.69) is 15.6 Å². The molecule has 0 bridgehead atoms. The Kier molecular flexibility index (Phi) is 10.8. The minimum Gasteiger partial charge on any atom is -0.396 e. The van der Waals surface area contributed by atoms with E-state index in [1.165, 1.54) is 0 Å². The first-order valence-corrected chi connectivity index (χ1v) is 9.11. The molecule has 2 atom stereocenters. The van der Waals surface area contributed by atoms with Gasteiger partial charge in [-0.25, -0.2) is 0 Å². The highest BCUT2D eigenvalue weighted by atomic mass is 127. The number of nitrogens with one attached hydrogen (secondary N) is 2. The molecule has 0 aliphatic carbocycles. The van der Waals surface area contributed by atoms with Crippen LogP contribution in [0.5, 0.6) is 0 Å². The highest BCUT2D eigenvalue weighted by Gasteiger charge is 2.34. The van der Waals surface area contributed by atoms with Crippen LogP contribution >= 0.6 is 35.6 Å². The standard InChI is InChI=1S/C18H28ClN3O3.HI/c1-2-20-17(22-12-18(7-9-23)8-10-25-13-18)21-11-16(24)14-3-5-15(19)6-4-14;/h3-6,16,23-24H,2,7-13H2,1H3,(H2,20,21,22);1H. The zero-order chi connectivity index (χ0) is 18.1. The summed E-state index contributed by atoms with van der Waals surface area (Å²) in [6.07, 6.45) is 0.940. The Hall–Kier alpha value is -0.610. The molecule has 0 saturated carbocycles. The molecule has 1 aromatic rings. The molecule has 6 nitrogen and oxygen atoms in total. The number of halogens is 2. The molecule has 1 fully saturated rings. The average molecular weight is 498 g/mol. The predicted octanol–water partition coefficient (Wildman–Crippen LogP) is 2.34. The van der Waals surface area contributed by atoms with Crippen LogP contribution in [0.3, 0.4) is 0 Å². The van der Waals surface area contributed by atoms with Gasteiger partial charge in [-0.15, -0.1) is 24.0 Å². The zero-order valence-electron chi connectivity index (χ0n) is 15.1. The molecular weight excluding hydrogens is 469 g/mol. The van der Waals surface area contributed by atoms with Crippen molar-refractivity contribution in [1.82, 2.24) is 10.6 Å². The summed E-state index contributed by atoms with van der Waals surface area (Å²) in [5, 5.41) is 26.6. The molecule has 4 N–H and O–H groups in total. The SMILES string of the molecule is CCNC(=NCC1(CCO)CCOC1)NCC(O)c1ccc(Cl)cc1.I. The van der Waals surface area contributed by atoms with Crippen molar-refractivity contribution in [3.63, 3.8) is 0 Å². The van der Waals surface area contributed by atoms with E-state index in [1.807, 2.05) is 19.1 Å². The number of aliphatic hydroxyl groups is 2. The number of nitrogens with zero attached hydrogens (tertiary/aromatic N) is 1. The van der Waals surface area contributed by atoms with Gasteiger partial charge in [-0.3, -0.25) is 4.99 Å². The van der Waals surface area contributed by atoms with Crippen LogP contribution < -0.4 is 10.6 Å². The smallest absolute Gasteiger partial charge is 0.191 e. The Morgan fingerprint density at radius 1 is 1.35 bits per heavy atom. The number of benzene rings is 1. The fourth-order valence-electron chi connectivity index (χ4n) is 2.87. The molecule has 2 rings (SSSR count). The number of hydrogen-bond donors (Lipinski definition) is 4. The Balaban J connectivity index is 0.00000338. The maximum absolute atomic E-state index is 10.3. The zero-order valence-corrected chi connectivity index (χ0v) is 18.2. The molecule has 1 saturated heterocycles. The van der Waals surface area contributed by atoms with Crippen molar-refractivity contribution in [2.75, 3.05) is 39.5 Å². The molecule has 0 spiro atoms. The molecule has 1 aromatic carbocycles. The Labute approximate surface area is 177 Å². The topological polar surface area (TPSA) is 86.1 Å². The summed E-state index contributed by atoms with van der Waals surface area (Å²) in [4.78, 5) is 4.64. The summed E-state index contributed by atoms with van der Waals surface area (Å²) in [6, 6.07) is 7.14. The van der Waals surface area contributed by atoms with E-state index in [0.29, 0.717) is 37.1 Å². The van der Waals surface area contributed by atoms with Gasteiger partial charge in [0.1, 0.15) is 0 Å². The molecule has 26 heavy (non-hydrogen) atoms. The lowest BCUT2D eigenvalue weighted by Gasteiger charge is -2.25. The van der Waals surface area contributed by atoms with Crippen molar-refractivity contribution in [2.24, 2.45) is 10.4 Å². The second-order valence-corrected chi connectivity index (χ2v) is 6.86. The second kappa shape index (κ2) is 12.0. The Morgan fingerprint density at radius 3 is 2.65 bits per heavy atom. The molecule has 1 heterocycles. The van der Waals surface area contributed by atoms with Crippen molar-refractivity contribution in [1.29, 1.82) is 0 Å². The van der Waals surface area contributed by atoms with Gasteiger partial charge in [0.2, 0.25) is 0 Å². The number of rotatable bonds is 8. The molecule has 0 aromatic heterocycles. The van der Waals surface area contributed by atoms with E-state index >= 15 is 0 Å². The molecule has 2 unspecified atom stereocenters. The van der Waals surface area contributed by atoms with Crippen molar-refractivity contribution < 1.29 is 14.9 Å². The largest absolute Gasteiger partial charge is 0.396 e. The minimum atomic E-state index is -0.651. The highest BCUT2D eigenvalue weighted by molar-refractivity contribution is 14.0. The number of guanidine groups is 1. The molecular formula is C18H29ClIN3O3. The first kappa shape index (κ1) is 23.4. The van der Waals surface area contributed by atoms with Crippen LogP contribution in [0.1, 0.15) is 31.4 Å². The van der Waals surface area contributed by atoms with Gasteiger partial charge in [-0.05, 0) is 37.5 Å². The summed E-state index contributed by atoms with van der Waals surface area (Å²) in [5.41, 5.74) is 0.708. The monoisotopic (exact) mass is 497 g/mol. The van der Waals surface area contributed by atoms with Crippen LogP contribution in [0.25, 0.3) is 0 Å². The van der Waals surface area contributed by atoms with E-state index < -0.39 is 6.10 Å². The van der Waals surface area contributed by atoms with Crippen LogP contribution in [0, 0.1) is 5.41 Å². The molecule has 0 radical (unpaired) electrons. The van der Waals surface area contributed by atoms with Crippen LogP contribution in [-0.4, -0.2) is 55.6 Å². The third kappa shape index (κ3) is 7.19. The van der Waals surface area contributed by atoms with Gasteiger partial charge >= 0.3 is 0 Å². The van der Waals surface area contributed by atoms with Crippen molar-refractivity contribution in [2.45, 2.75) is 25.9 Å². The highest BCUT2D eigenvalue weighted by Crippen LogP contribution is 2.32. The van der Waals surface area contributed by atoms with Gasteiger partial charge in [0.25, 0.3) is 0 Å². The van der Waals surface area contributed by atoms with Gasteiger partial charge in [-0.1, -0.05) is 23.7 Å². The van der Waals surface area contributed by atoms with Crippen molar-refractivity contribution in [3.05, 3.63) is 34.9 Å². The third-order valence-corrected chi connectivity index (χ3v) is 4.71. The van der Waals surface area contributed by atoms with Crippen LogP contribution in [0.4, 0.5) is 0 Å². The Morgan fingerprint density at radius 2 is 2.08 bits per heavy atom. The summed E-state index contributed by atoms with van der Waals surface area (Å²) < 4.78 is 5.50. The maximum Gasteiger partial charge on any atom is 0.191 e. The third-order valence-electron chi connectivity index (χ3n) is 4.46. The predicted molar refractivity (Wildman–Crippen MR) is 115 cm³/mol. The molecule has 0 amide bonds. The lowest BCUT2D eigenvalue weighted by Crippen LogP contribution is -2.40. The minimum absolute atomic E-state index is 0. The van der Waals surface area contributed by atoms with Gasteiger partial charge in [0.15, 0.2) is 5.96 Å². The van der Waals surface area contributed by atoms with Gasteiger partial charge in [0, 0.05) is 36.7 Å². The van der Waals surface area contributed by atoms with E-state index in [4.69, 9.17) is 16.3 Å². The number of hydrogen-bond acceptors (Lipinski definition) is 4. The lowest BCUT2D eigenvalue weighted by atomic mass is 9.84. The Bertz CT molecular complexity index is 551. The number of aliphatic imine (C=N–C) groups is 1. The first-order chi connectivity index (χ1) is 12.1. The maximum atomic E-state index is 10.3. The molecule has 1 aliphatic heterocycles. The van der Waals surface area contributed by atoms with Gasteiger partial charge < -0.3 is 25.6 Å². The van der Waals surface area contributed by atoms with E-state index in [1.54, 1.807) is 12.1 Å². The van der Waals surface area contributed by atoms with Crippen LogP contribution in [-0.2, 0) is 4.74 Å². The molecule has 8 heteroatoms. The summed E-state index contributed by atoms with van der Waals surface area (Å²) in [6.45, 7) is 5.13. The second-order valence-electron chi connectivity index (χ2n) is 6.42.